The Labute approximate surface area is 289 Å². The lowest BCUT2D eigenvalue weighted by atomic mass is 9.88. The van der Waals surface area contributed by atoms with Gasteiger partial charge >= 0.3 is 23.9 Å². The summed E-state index contributed by atoms with van der Waals surface area (Å²) >= 11 is 0. The van der Waals surface area contributed by atoms with Gasteiger partial charge in [0.05, 0.1) is 13.0 Å². The van der Waals surface area contributed by atoms with E-state index in [1.165, 1.54) is 4.90 Å². The third kappa shape index (κ3) is 8.26. The standard InChI is InChI=1S/C36H40N6O8/c1-23(2)18-29(32(46)40(27-12-8-5-9-13-27)22-31(45)50-33(47)28(37)19-30(43)44)42-34(48)36(3,26-16-14-24(15-17-26)20-39-38)41(35(42)49)21-25-10-6-4-7-11-25/h4-17,23,28-29,38H,18-22,37H2,1-3H3,(H,43,44)/t28-,29+,36-/m0/s1. The van der Waals surface area contributed by atoms with Crippen LogP contribution in [0.5, 0.6) is 0 Å². The van der Waals surface area contributed by atoms with Crippen LogP contribution in [0.15, 0.2) is 90.0 Å². The summed E-state index contributed by atoms with van der Waals surface area (Å²) in [7, 11) is 0. The topological polar surface area (TPSA) is 204 Å². The molecule has 1 aliphatic rings. The number of nitrogens with one attached hydrogen (secondary N) is 1. The molecule has 14 nitrogen and oxygen atoms in total. The van der Waals surface area contributed by atoms with E-state index in [2.05, 4.69) is 5.11 Å². The van der Waals surface area contributed by atoms with E-state index in [0.29, 0.717) is 5.56 Å². The molecule has 1 saturated heterocycles. The Bertz CT molecular complexity index is 1730. The molecule has 0 saturated carbocycles. The van der Waals surface area contributed by atoms with Gasteiger partial charge in [0.2, 0.25) is 0 Å². The molecule has 3 atom stereocenters. The van der Waals surface area contributed by atoms with Gasteiger partial charge in [0.15, 0.2) is 0 Å². The summed E-state index contributed by atoms with van der Waals surface area (Å²) in [5.41, 5.74) is 13.4. The Hall–Kier alpha value is -5.76. The van der Waals surface area contributed by atoms with Crippen molar-refractivity contribution in [3.63, 3.8) is 0 Å². The van der Waals surface area contributed by atoms with Crippen LogP contribution < -0.4 is 10.6 Å². The smallest absolute Gasteiger partial charge is 0.333 e. The highest BCUT2D eigenvalue weighted by Gasteiger charge is 2.58. The molecular formula is C36H40N6O8. The molecule has 0 spiro atoms. The van der Waals surface area contributed by atoms with Crippen molar-refractivity contribution in [1.29, 1.82) is 5.53 Å². The molecule has 1 heterocycles. The average molecular weight is 685 g/mol. The van der Waals surface area contributed by atoms with Gasteiger partial charge in [-0.1, -0.05) is 86.6 Å². The van der Waals surface area contributed by atoms with Gasteiger partial charge < -0.3 is 20.5 Å². The number of esters is 2. The summed E-state index contributed by atoms with van der Waals surface area (Å²) < 4.78 is 4.81. The maximum atomic E-state index is 14.7. The Morgan fingerprint density at radius 3 is 2.10 bits per heavy atom. The zero-order valence-electron chi connectivity index (χ0n) is 28.0. The number of imide groups is 1. The molecular weight excluding hydrogens is 644 g/mol. The molecule has 4 N–H and O–H groups in total. The van der Waals surface area contributed by atoms with E-state index in [1.54, 1.807) is 61.5 Å². The number of hydrogen-bond donors (Lipinski definition) is 3. The van der Waals surface area contributed by atoms with Gasteiger partial charge in [0, 0.05) is 12.2 Å². The second-order valence-electron chi connectivity index (χ2n) is 12.5. The lowest BCUT2D eigenvalue weighted by Gasteiger charge is -2.32. The number of carboxylic acids is 1. The van der Waals surface area contributed by atoms with Crippen molar-refractivity contribution in [3.05, 3.63) is 102 Å². The molecule has 1 fully saturated rings. The molecule has 0 unspecified atom stereocenters. The fourth-order valence-corrected chi connectivity index (χ4v) is 5.80. The number of rotatable bonds is 15. The molecule has 0 aliphatic carbocycles. The molecule has 0 aromatic heterocycles. The van der Waals surface area contributed by atoms with Gasteiger partial charge in [-0.3, -0.25) is 19.3 Å². The van der Waals surface area contributed by atoms with Crippen LogP contribution in [0.25, 0.3) is 0 Å². The minimum Gasteiger partial charge on any atom is -0.481 e. The maximum Gasteiger partial charge on any atom is 0.333 e. The van der Waals surface area contributed by atoms with Crippen LogP contribution in [0, 0.1) is 11.4 Å². The minimum absolute atomic E-state index is 0.0380. The van der Waals surface area contributed by atoms with E-state index in [0.717, 1.165) is 20.9 Å². The first-order chi connectivity index (χ1) is 23.8. The fourth-order valence-electron chi connectivity index (χ4n) is 5.80. The number of carbonyl (C=O) groups excluding carboxylic acids is 5. The molecule has 3 aromatic carbocycles. The van der Waals surface area contributed by atoms with Crippen LogP contribution in [0.2, 0.25) is 0 Å². The number of aliphatic carboxylic acids is 1. The minimum atomic E-state index is -1.62. The summed E-state index contributed by atoms with van der Waals surface area (Å²) in [4.78, 5) is 83.6. The largest absolute Gasteiger partial charge is 0.481 e. The van der Waals surface area contributed by atoms with E-state index in [-0.39, 0.29) is 31.1 Å². The van der Waals surface area contributed by atoms with Gasteiger partial charge in [-0.15, -0.1) is 0 Å². The van der Waals surface area contributed by atoms with E-state index in [1.807, 2.05) is 44.2 Å². The summed E-state index contributed by atoms with van der Waals surface area (Å²) in [5, 5.41) is 12.4. The van der Waals surface area contributed by atoms with Gasteiger partial charge in [0.25, 0.3) is 11.8 Å². The highest BCUT2D eigenvalue weighted by molar-refractivity contribution is 6.12. The van der Waals surface area contributed by atoms with Crippen LogP contribution in [-0.4, -0.2) is 69.3 Å². The number of carbonyl (C=O) groups is 6. The van der Waals surface area contributed by atoms with Crippen molar-refractivity contribution in [2.24, 2.45) is 16.8 Å². The molecule has 262 valence electrons. The van der Waals surface area contributed by atoms with E-state index >= 15 is 0 Å². The molecule has 14 heteroatoms. The summed E-state index contributed by atoms with van der Waals surface area (Å²) in [5.74, 6) is -5.47. The van der Waals surface area contributed by atoms with Gasteiger partial charge in [-0.25, -0.2) is 24.8 Å². The first-order valence-corrected chi connectivity index (χ1v) is 16.0. The van der Waals surface area contributed by atoms with Crippen molar-refractivity contribution in [2.45, 2.75) is 64.3 Å². The SMILES string of the molecule is CC(C)C[C@H](C(=O)N(CC(=O)OC(=O)[C@@H](N)CC(=O)O)c1ccccc1)N1C(=O)N(Cc2ccccc2)[C@@](C)(c2ccc(CN=N)cc2)C1=O. The molecule has 3 aromatic rings. The zero-order valence-corrected chi connectivity index (χ0v) is 28.0. The van der Waals surface area contributed by atoms with Crippen molar-refractivity contribution in [1.82, 2.24) is 9.80 Å². The van der Waals surface area contributed by atoms with Crippen LogP contribution in [0.3, 0.4) is 0 Å². The third-order valence-corrected chi connectivity index (χ3v) is 8.40. The van der Waals surface area contributed by atoms with Crippen molar-refractivity contribution < 1.29 is 38.6 Å². The highest BCUT2D eigenvalue weighted by Crippen LogP contribution is 2.41. The number of carboxylic acid groups (broad SMARTS) is 1. The number of urea groups is 1. The van der Waals surface area contributed by atoms with Gasteiger partial charge in [0.1, 0.15) is 24.2 Å². The number of nitrogens with zero attached hydrogens (tertiary/aromatic N) is 4. The van der Waals surface area contributed by atoms with Crippen LogP contribution in [0.1, 0.15) is 50.3 Å². The summed E-state index contributed by atoms with van der Waals surface area (Å²) in [6, 6.07) is 20.3. The van der Waals surface area contributed by atoms with Crippen molar-refractivity contribution in [2.75, 3.05) is 11.4 Å². The molecule has 4 amide bonds. The number of para-hydroxylation sites is 1. The Balaban J connectivity index is 1.76. The predicted octanol–water partition coefficient (Wildman–Crippen LogP) is 4.22. The average Bonchev–Trinajstić information content (AvgIpc) is 3.27. The maximum absolute atomic E-state index is 14.7. The van der Waals surface area contributed by atoms with E-state index in [4.69, 9.17) is 21.1 Å². The van der Waals surface area contributed by atoms with Gasteiger partial charge in [-0.2, -0.15) is 5.11 Å². The van der Waals surface area contributed by atoms with Crippen molar-refractivity contribution in [3.8, 4) is 0 Å². The summed E-state index contributed by atoms with van der Waals surface area (Å²) in [6.07, 6.45) is -0.736. The van der Waals surface area contributed by atoms with E-state index < -0.39 is 66.3 Å². The number of hydrogen-bond acceptors (Lipinski definition) is 10. The predicted molar refractivity (Wildman–Crippen MR) is 180 cm³/mol. The second-order valence-corrected chi connectivity index (χ2v) is 12.5. The first kappa shape index (κ1) is 37.1. The van der Waals surface area contributed by atoms with E-state index in [9.17, 15) is 28.8 Å². The fraction of sp³-hybridized carbons (Fsp3) is 0.333. The number of nitrogens with two attached hydrogens (primary N) is 1. The number of amides is 4. The lowest BCUT2D eigenvalue weighted by molar-refractivity contribution is -0.161. The Morgan fingerprint density at radius 1 is 0.940 bits per heavy atom. The van der Waals surface area contributed by atoms with Crippen molar-refractivity contribution >= 4 is 41.4 Å². The quantitative estimate of drug-likeness (QED) is 0.0906. The summed E-state index contributed by atoms with van der Waals surface area (Å²) in [6.45, 7) is 4.65. The van der Waals surface area contributed by atoms with Gasteiger partial charge in [-0.05, 0) is 48.1 Å². The van der Waals surface area contributed by atoms with Crippen LogP contribution in [-0.2, 0) is 47.3 Å². The number of anilines is 1. The molecule has 50 heavy (non-hydrogen) atoms. The Morgan fingerprint density at radius 2 is 1.54 bits per heavy atom. The van der Waals surface area contributed by atoms with Crippen LogP contribution >= 0.6 is 0 Å². The molecule has 1 aliphatic heterocycles. The lowest BCUT2D eigenvalue weighted by Crippen LogP contribution is -2.54. The molecule has 4 rings (SSSR count). The number of benzene rings is 3. The third-order valence-electron chi connectivity index (χ3n) is 8.40. The second kappa shape index (κ2) is 16.1. The Kier molecular flexibility index (Phi) is 11.9. The van der Waals surface area contributed by atoms with Crippen LogP contribution in [0.4, 0.5) is 10.5 Å². The zero-order chi connectivity index (χ0) is 36.6. The monoisotopic (exact) mass is 684 g/mol. The molecule has 0 bridgehead atoms. The first-order valence-electron chi connectivity index (χ1n) is 16.0. The highest BCUT2D eigenvalue weighted by atomic mass is 16.6. The molecule has 0 radical (unpaired) electrons. The number of ether oxygens (including phenoxy) is 1. The normalized spacial score (nSPS) is 17.0.